The number of nitrogens with one attached hydrogen (secondary N) is 1. The molecule has 0 radical (unpaired) electrons. The van der Waals surface area contributed by atoms with Gasteiger partial charge in [0.15, 0.2) is 0 Å². The van der Waals surface area contributed by atoms with Crippen molar-refractivity contribution in [1.82, 2.24) is 14.9 Å². The number of thiazole rings is 1. The Kier molecular flexibility index (Phi) is 3.76. The maximum Gasteiger partial charge on any atom is 0.270 e. The molecule has 0 aromatic carbocycles. The van der Waals surface area contributed by atoms with Crippen molar-refractivity contribution < 1.29 is 9.21 Å². The van der Waals surface area contributed by atoms with Gasteiger partial charge in [0.05, 0.1) is 17.2 Å². The van der Waals surface area contributed by atoms with Gasteiger partial charge in [0.1, 0.15) is 17.2 Å². The lowest BCUT2D eigenvalue weighted by Gasteiger charge is -2.20. The highest BCUT2D eigenvalue weighted by Crippen LogP contribution is 2.31. The number of rotatable bonds is 5. The molecule has 0 bridgehead atoms. The van der Waals surface area contributed by atoms with Gasteiger partial charge in [-0.2, -0.15) is 0 Å². The van der Waals surface area contributed by atoms with E-state index in [0.29, 0.717) is 18.3 Å². The highest BCUT2D eigenvalue weighted by Gasteiger charge is 2.34. The molecule has 5 nitrogen and oxygen atoms in total. The molecule has 3 heterocycles. The number of amides is 1. The minimum absolute atomic E-state index is 0.0183. The van der Waals surface area contributed by atoms with Gasteiger partial charge in [-0.25, -0.2) is 4.98 Å². The molecule has 1 N–H and O–H groups in total. The molecule has 0 spiro atoms. The summed E-state index contributed by atoms with van der Waals surface area (Å²) >= 11 is 1.61. The highest BCUT2D eigenvalue weighted by atomic mass is 32.1. The maximum atomic E-state index is 12.9. The molecule has 6 heteroatoms. The van der Waals surface area contributed by atoms with E-state index in [4.69, 9.17) is 4.42 Å². The van der Waals surface area contributed by atoms with E-state index in [1.165, 1.54) is 0 Å². The van der Waals surface area contributed by atoms with Gasteiger partial charge in [0.25, 0.3) is 5.91 Å². The van der Waals surface area contributed by atoms with Crippen LogP contribution in [0.5, 0.6) is 0 Å². The average molecular weight is 341 g/mol. The summed E-state index contributed by atoms with van der Waals surface area (Å²) < 4.78 is 5.64. The Morgan fingerprint density at radius 3 is 2.88 bits per heavy atom. The summed E-state index contributed by atoms with van der Waals surface area (Å²) in [5, 5.41) is 3.03. The van der Waals surface area contributed by atoms with Gasteiger partial charge in [-0.1, -0.05) is 0 Å². The number of aromatic amines is 1. The van der Waals surface area contributed by atoms with Crippen LogP contribution in [0.3, 0.4) is 0 Å². The summed E-state index contributed by atoms with van der Waals surface area (Å²) in [6.45, 7) is 4.41. The Morgan fingerprint density at radius 2 is 2.25 bits per heavy atom. The number of hydrogen-bond donors (Lipinski definition) is 1. The van der Waals surface area contributed by atoms with E-state index in [1.807, 2.05) is 48.5 Å². The summed E-state index contributed by atoms with van der Waals surface area (Å²) in [4.78, 5) is 22.4. The molecule has 0 aliphatic heterocycles. The van der Waals surface area contributed by atoms with Crippen molar-refractivity contribution in [3.63, 3.8) is 0 Å². The Hall–Kier alpha value is -2.34. The van der Waals surface area contributed by atoms with Gasteiger partial charge in [-0.3, -0.25) is 4.79 Å². The van der Waals surface area contributed by atoms with Crippen molar-refractivity contribution >= 4 is 17.2 Å². The van der Waals surface area contributed by atoms with Crippen molar-refractivity contribution in [3.05, 3.63) is 52.0 Å². The van der Waals surface area contributed by atoms with E-state index in [1.54, 1.807) is 11.3 Å². The standard InChI is InChI=1S/C18H19N3O2S/c1-11-3-6-15(23-11)9-21(14-4-5-14)18(22)16-7-13(8-19-16)17-10-24-12(2)20-17/h3,6-8,10,14,19H,4-5,9H2,1-2H3. The van der Waals surface area contributed by atoms with E-state index < -0.39 is 0 Å². The molecular formula is C18H19N3O2S. The number of carbonyl (C=O) groups is 1. The summed E-state index contributed by atoms with van der Waals surface area (Å²) in [7, 11) is 0. The van der Waals surface area contributed by atoms with Crippen molar-refractivity contribution in [2.45, 2.75) is 39.3 Å². The van der Waals surface area contributed by atoms with E-state index in [9.17, 15) is 4.79 Å². The fourth-order valence-corrected chi connectivity index (χ4v) is 3.43. The molecule has 0 saturated heterocycles. The van der Waals surface area contributed by atoms with Crippen LogP contribution in [-0.4, -0.2) is 26.8 Å². The van der Waals surface area contributed by atoms with Crippen molar-refractivity contribution in [2.24, 2.45) is 0 Å². The molecule has 3 aromatic rings. The molecule has 24 heavy (non-hydrogen) atoms. The third kappa shape index (κ3) is 3.01. The number of aryl methyl sites for hydroxylation is 2. The summed E-state index contributed by atoms with van der Waals surface area (Å²) in [6.07, 6.45) is 3.97. The minimum Gasteiger partial charge on any atom is -0.464 e. The number of aromatic nitrogens is 2. The van der Waals surface area contributed by atoms with Gasteiger partial charge in [-0.05, 0) is 44.9 Å². The monoisotopic (exact) mass is 341 g/mol. The van der Waals surface area contributed by atoms with Crippen LogP contribution in [-0.2, 0) is 6.54 Å². The van der Waals surface area contributed by atoms with Crippen molar-refractivity contribution in [1.29, 1.82) is 0 Å². The Labute approximate surface area is 144 Å². The van der Waals surface area contributed by atoms with Crippen LogP contribution in [0.1, 0.15) is 39.9 Å². The molecule has 1 aliphatic carbocycles. The largest absolute Gasteiger partial charge is 0.464 e. The van der Waals surface area contributed by atoms with Gasteiger partial charge in [0.2, 0.25) is 0 Å². The van der Waals surface area contributed by atoms with E-state index in [2.05, 4.69) is 9.97 Å². The smallest absolute Gasteiger partial charge is 0.270 e. The molecular weight excluding hydrogens is 322 g/mol. The van der Waals surface area contributed by atoms with E-state index >= 15 is 0 Å². The molecule has 1 saturated carbocycles. The zero-order valence-corrected chi connectivity index (χ0v) is 14.5. The zero-order chi connectivity index (χ0) is 16.7. The lowest BCUT2D eigenvalue weighted by molar-refractivity contribution is 0.0711. The fraction of sp³-hybridized carbons (Fsp3) is 0.333. The predicted octanol–water partition coefficient (Wildman–Crippen LogP) is 4.15. The third-order valence-corrected chi connectivity index (χ3v) is 4.97. The third-order valence-electron chi connectivity index (χ3n) is 4.20. The van der Waals surface area contributed by atoms with Gasteiger partial charge < -0.3 is 14.3 Å². The van der Waals surface area contributed by atoms with Crippen LogP contribution in [0, 0.1) is 13.8 Å². The first-order valence-corrected chi connectivity index (χ1v) is 8.95. The van der Waals surface area contributed by atoms with Crippen molar-refractivity contribution in [2.75, 3.05) is 0 Å². The molecule has 1 aliphatic rings. The predicted molar refractivity (Wildman–Crippen MR) is 93.0 cm³/mol. The molecule has 124 valence electrons. The Morgan fingerprint density at radius 1 is 1.42 bits per heavy atom. The summed E-state index contributed by atoms with van der Waals surface area (Å²) in [5.41, 5.74) is 2.46. The number of nitrogens with zero attached hydrogens (tertiary/aromatic N) is 2. The molecule has 4 rings (SSSR count). The SMILES string of the molecule is Cc1ccc(CN(C(=O)c2cc(-c3csc(C)n3)c[nH]2)C2CC2)o1. The lowest BCUT2D eigenvalue weighted by Crippen LogP contribution is -2.32. The second-order valence-corrected chi connectivity index (χ2v) is 7.29. The van der Waals surface area contributed by atoms with Crippen LogP contribution in [0.2, 0.25) is 0 Å². The first-order valence-electron chi connectivity index (χ1n) is 8.07. The summed E-state index contributed by atoms with van der Waals surface area (Å²) in [5.74, 6) is 1.72. The van der Waals surface area contributed by atoms with Crippen LogP contribution in [0.4, 0.5) is 0 Å². The summed E-state index contributed by atoms with van der Waals surface area (Å²) in [6, 6.07) is 6.08. The first kappa shape index (κ1) is 15.2. The Bertz CT molecular complexity index is 872. The lowest BCUT2D eigenvalue weighted by atomic mass is 10.2. The number of furan rings is 1. The van der Waals surface area contributed by atoms with E-state index in [0.717, 1.165) is 40.6 Å². The molecule has 0 atom stereocenters. The van der Waals surface area contributed by atoms with Crippen LogP contribution < -0.4 is 0 Å². The Balaban J connectivity index is 1.55. The molecule has 1 amide bonds. The number of hydrogen-bond acceptors (Lipinski definition) is 4. The van der Waals surface area contributed by atoms with E-state index in [-0.39, 0.29) is 5.91 Å². The van der Waals surface area contributed by atoms with Crippen LogP contribution >= 0.6 is 11.3 Å². The van der Waals surface area contributed by atoms with Crippen LogP contribution in [0.15, 0.2) is 34.2 Å². The minimum atomic E-state index is 0.0183. The molecule has 1 fully saturated rings. The topological polar surface area (TPSA) is 62.1 Å². The van der Waals surface area contributed by atoms with Gasteiger partial charge >= 0.3 is 0 Å². The molecule has 0 unspecified atom stereocenters. The second kappa shape index (κ2) is 5.94. The van der Waals surface area contributed by atoms with Crippen molar-refractivity contribution in [3.8, 4) is 11.3 Å². The second-order valence-electron chi connectivity index (χ2n) is 6.23. The maximum absolute atomic E-state index is 12.9. The van der Waals surface area contributed by atoms with Crippen LogP contribution in [0.25, 0.3) is 11.3 Å². The van der Waals surface area contributed by atoms with Gasteiger partial charge in [-0.15, -0.1) is 11.3 Å². The molecule has 3 aromatic heterocycles. The number of carbonyl (C=O) groups excluding carboxylic acids is 1. The van der Waals surface area contributed by atoms with Gasteiger partial charge in [0, 0.05) is 23.2 Å². The zero-order valence-electron chi connectivity index (χ0n) is 13.7. The number of H-pyrrole nitrogens is 1. The normalized spacial score (nSPS) is 14.1. The average Bonchev–Trinajstić information content (AvgIpc) is 2.96. The fourth-order valence-electron chi connectivity index (χ4n) is 2.81. The quantitative estimate of drug-likeness (QED) is 0.758. The highest BCUT2D eigenvalue weighted by molar-refractivity contribution is 7.09. The first-order chi connectivity index (χ1) is 11.6.